The van der Waals surface area contributed by atoms with Crippen LogP contribution < -0.4 is 5.84 Å². The molecule has 0 fully saturated rings. The quantitative estimate of drug-likeness (QED) is 0.608. The Morgan fingerprint density at radius 1 is 1.27 bits per heavy atom. The maximum absolute atomic E-state index is 5.86. The van der Waals surface area contributed by atoms with Gasteiger partial charge in [-0.05, 0) is 30.9 Å². The highest BCUT2D eigenvalue weighted by atomic mass is 15.4. The predicted octanol–water partition coefficient (Wildman–Crippen LogP) is 2.85. The predicted molar refractivity (Wildman–Crippen MR) is 65.5 cm³/mol. The molecule has 0 bridgehead atoms. The fraction of sp³-hybridized carbons (Fsp3) is 0.538. The maximum Gasteiger partial charge on any atom is 0.0540 e. The first kappa shape index (κ1) is 12.2. The van der Waals surface area contributed by atoms with Crippen molar-refractivity contribution >= 4 is 0 Å². The second-order valence-corrected chi connectivity index (χ2v) is 4.95. The summed E-state index contributed by atoms with van der Waals surface area (Å²) in [5.74, 6) is 6.42. The Balaban J connectivity index is 3.10. The number of rotatable bonds is 3. The van der Waals surface area contributed by atoms with Gasteiger partial charge in [0, 0.05) is 7.05 Å². The van der Waals surface area contributed by atoms with Crippen LogP contribution in [0.2, 0.25) is 0 Å². The second-order valence-electron chi connectivity index (χ2n) is 4.95. The SMILES string of the molecule is CC(C)c1cccc(C(C)(C)N(C)N)c1. The minimum atomic E-state index is -0.120. The fourth-order valence-corrected chi connectivity index (χ4v) is 1.48. The first-order valence-electron chi connectivity index (χ1n) is 5.44. The molecule has 2 nitrogen and oxygen atoms in total. The lowest BCUT2D eigenvalue weighted by atomic mass is 9.90. The highest BCUT2D eigenvalue weighted by Gasteiger charge is 2.23. The highest BCUT2D eigenvalue weighted by Crippen LogP contribution is 2.26. The molecule has 1 aromatic rings. The van der Waals surface area contributed by atoms with Gasteiger partial charge in [0.05, 0.1) is 5.54 Å². The van der Waals surface area contributed by atoms with Gasteiger partial charge in [-0.15, -0.1) is 0 Å². The molecule has 0 heterocycles. The van der Waals surface area contributed by atoms with Crippen LogP contribution in [0.15, 0.2) is 24.3 Å². The van der Waals surface area contributed by atoms with Gasteiger partial charge in [-0.3, -0.25) is 5.84 Å². The van der Waals surface area contributed by atoms with Crippen LogP contribution in [0.1, 0.15) is 44.7 Å². The number of hydrazine groups is 1. The summed E-state index contributed by atoms with van der Waals surface area (Å²) in [6, 6.07) is 8.65. The van der Waals surface area contributed by atoms with E-state index in [9.17, 15) is 0 Å². The summed E-state index contributed by atoms with van der Waals surface area (Å²) in [4.78, 5) is 0. The van der Waals surface area contributed by atoms with Gasteiger partial charge in [-0.25, -0.2) is 5.01 Å². The molecule has 0 amide bonds. The van der Waals surface area contributed by atoms with E-state index in [-0.39, 0.29) is 5.54 Å². The van der Waals surface area contributed by atoms with Crippen molar-refractivity contribution in [1.29, 1.82) is 0 Å². The van der Waals surface area contributed by atoms with Crippen LogP contribution in [0.3, 0.4) is 0 Å². The molecule has 0 radical (unpaired) electrons. The van der Waals surface area contributed by atoms with Crippen molar-refractivity contribution in [3.63, 3.8) is 0 Å². The van der Waals surface area contributed by atoms with Gasteiger partial charge < -0.3 is 0 Å². The summed E-state index contributed by atoms with van der Waals surface area (Å²) in [7, 11) is 1.90. The normalized spacial score (nSPS) is 12.5. The zero-order valence-electron chi connectivity index (χ0n) is 10.4. The lowest BCUT2D eigenvalue weighted by molar-refractivity contribution is 0.159. The van der Waals surface area contributed by atoms with Crippen molar-refractivity contribution in [1.82, 2.24) is 5.01 Å². The Labute approximate surface area is 93.1 Å². The van der Waals surface area contributed by atoms with Crippen LogP contribution in [0.5, 0.6) is 0 Å². The summed E-state index contributed by atoms with van der Waals surface area (Å²) in [6.07, 6.45) is 0. The number of benzene rings is 1. The highest BCUT2D eigenvalue weighted by molar-refractivity contribution is 5.30. The van der Waals surface area contributed by atoms with E-state index in [1.807, 2.05) is 7.05 Å². The molecule has 0 saturated heterocycles. The summed E-state index contributed by atoms with van der Waals surface area (Å²) in [5, 5.41) is 1.76. The first-order chi connectivity index (χ1) is 6.85. The number of nitrogens with two attached hydrogens (primary N) is 1. The maximum atomic E-state index is 5.86. The Bertz CT molecular complexity index is 327. The van der Waals surface area contributed by atoms with E-state index in [2.05, 4.69) is 52.0 Å². The molecule has 1 aromatic carbocycles. The molecule has 84 valence electrons. The van der Waals surface area contributed by atoms with Gasteiger partial charge in [0.25, 0.3) is 0 Å². The zero-order valence-corrected chi connectivity index (χ0v) is 10.4. The van der Waals surface area contributed by atoms with E-state index in [1.54, 1.807) is 5.01 Å². The fourth-order valence-electron chi connectivity index (χ4n) is 1.48. The minimum Gasteiger partial charge on any atom is -0.268 e. The van der Waals surface area contributed by atoms with Gasteiger partial charge in [-0.1, -0.05) is 38.1 Å². The molecule has 0 spiro atoms. The smallest absolute Gasteiger partial charge is 0.0540 e. The molecule has 15 heavy (non-hydrogen) atoms. The molecular formula is C13H22N2. The van der Waals surface area contributed by atoms with Gasteiger partial charge in [0.1, 0.15) is 0 Å². The second kappa shape index (κ2) is 4.33. The van der Waals surface area contributed by atoms with E-state index >= 15 is 0 Å². The van der Waals surface area contributed by atoms with Crippen molar-refractivity contribution in [2.24, 2.45) is 5.84 Å². The van der Waals surface area contributed by atoms with Crippen LogP contribution in [0.4, 0.5) is 0 Å². The van der Waals surface area contributed by atoms with Crippen molar-refractivity contribution in [3.05, 3.63) is 35.4 Å². The van der Waals surface area contributed by atoms with Crippen molar-refractivity contribution < 1.29 is 0 Å². The molecule has 1 rings (SSSR count). The van der Waals surface area contributed by atoms with Crippen LogP contribution in [0.25, 0.3) is 0 Å². The monoisotopic (exact) mass is 206 g/mol. The van der Waals surface area contributed by atoms with E-state index < -0.39 is 0 Å². The molecule has 0 aliphatic rings. The van der Waals surface area contributed by atoms with Crippen molar-refractivity contribution in [3.8, 4) is 0 Å². The largest absolute Gasteiger partial charge is 0.268 e. The molecule has 2 N–H and O–H groups in total. The van der Waals surface area contributed by atoms with Crippen LogP contribution in [0, 0.1) is 0 Å². The van der Waals surface area contributed by atoms with Gasteiger partial charge in [-0.2, -0.15) is 0 Å². The molecule has 0 aromatic heterocycles. The van der Waals surface area contributed by atoms with Crippen LogP contribution >= 0.6 is 0 Å². The van der Waals surface area contributed by atoms with E-state index in [0.717, 1.165) is 0 Å². The number of nitrogens with zero attached hydrogens (tertiary/aromatic N) is 1. The lowest BCUT2D eigenvalue weighted by Gasteiger charge is -2.33. The summed E-state index contributed by atoms with van der Waals surface area (Å²) < 4.78 is 0. The molecule has 0 unspecified atom stereocenters. The third-order valence-electron chi connectivity index (χ3n) is 3.14. The third kappa shape index (κ3) is 2.58. The topological polar surface area (TPSA) is 29.3 Å². The summed E-state index contributed by atoms with van der Waals surface area (Å²) in [5.41, 5.74) is 2.51. The lowest BCUT2D eigenvalue weighted by Crippen LogP contribution is -2.43. The minimum absolute atomic E-state index is 0.120. The molecule has 2 heteroatoms. The molecule has 0 saturated carbocycles. The molecule has 0 atom stereocenters. The Hall–Kier alpha value is -0.860. The average molecular weight is 206 g/mol. The van der Waals surface area contributed by atoms with Crippen molar-refractivity contribution in [2.45, 2.75) is 39.2 Å². The third-order valence-corrected chi connectivity index (χ3v) is 3.14. The number of hydrogen-bond donors (Lipinski definition) is 1. The first-order valence-corrected chi connectivity index (χ1v) is 5.44. The number of hydrogen-bond acceptors (Lipinski definition) is 2. The standard InChI is InChI=1S/C13H22N2/c1-10(2)11-7-6-8-12(9-11)13(3,4)15(5)14/h6-10H,14H2,1-5H3. The molecular weight excluding hydrogens is 184 g/mol. The van der Waals surface area contributed by atoms with Gasteiger partial charge in [0.15, 0.2) is 0 Å². The van der Waals surface area contributed by atoms with E-state index in [1.165, 1.54) is 11.1 Å². The van der Waals surface area contributed by atoms with Crippen LogP contribution in [-0.4, -0.2) is 12.1 Å². The molecule has 0 aliphatic heterocycles. The van der Waals surface area contributed by atoms with Crippen molar-refractivity contribution in [2.75, 3.05) is 7.05 Å². The van der Waals surface area contributed by atoms with Crippen LogP contribution in [-0.2, 0) is 5.54 Å². The Kier molecular flexibility index (Phi) is 3.53. The van der Waals surface area contributed by atoms with Gasteiger partial charge in [0.2, 0.25) is 0 Å². The summed E-state index contributed by atoms with van der Waals surface area (Å²) >= 11 is 0. The van der Waals surface area contributed by atoms with E-state index in [0.29, 0.717) is 5.92 Å². The van der Waals surface area contributed by atoms with Gasteiger partial charge >= 0.3 is 0 Å². The molecule has 0 aliphatic carbocycles. The average Bonchev–Trinajstić information content (AvgIpc) is 2.17. The van der Waals surface area contributed by atoms with E-state index in [4.69, 9.17) is 5.84 Å². The Morgan fingerprint density at radius 3 is 2.33 bits per heavy atom. The zero-order chi connectivity index (χ0) is 11.6. The summed E-state index contributed by atoms with van der Waals surface area (Å²) in [6.45, 7) is 8.68. The Morgan fingerprint density at radius 2 is 1.87 bits per heavy atom.